The van der Waals surface area contributed by atoms with Gasteiger partial charge in [-0.2, -0.15) is 0 Å². The normalized spacial score (nSPS) is 30.6. The lowest BCUT2D eigenvalue weighted by Gasteiger charge is -2.23. The number of rotatable bonds is 7. The van der Waals surface area contributed by atoms with Gasteiger partial charge in [-0.1, -0.05) is 0 Å². The van der Waals surface area contributed by atoms with E-state index >= 15 is 0 Å². The van der Waals surface area contributed by atoms with Crippen molar-refractivity contribution in [2.45, 2.75) is 25.8 Å². The molecule has 6 nitrogen and oxygen atoms in total. The number of ether oxygens (including phenoxy) is 2. The predicted molar refractivity (Wildman–Crippen MR) is 93.9 cm³/mol. The summed E-state index contributed by atoms with van der Waals surface area (Å²) in [4.78, 5) is 25.9. The molecule has 1 aromatic carbocycles. The number of nitrogens with zero attached hydrogens (tertiary/aromatic N) is 1. The molecule has 3 aliphatic rings. The maximum atomic E-state index is 13.1. The second-order valence-electron chi connectivity index (χ2n) is 7.82. The van der Waals surface area contributed by atoms with Crippen molar-refractivity contribution in [1.29, 1.82) is 0 Å². The molecule has 4 atom stereocenters. The Kier molecular flexibility index (Phi) is 4.29. The highest BCUT2D eigenvalue weighted by Gasteiger charge is 2.68. The Hall–Kier alpha value is -2.24. The molecule has 1 aromatic rings. The van der Waals surface area contributed by atoms with Crippen LogP contribution in [0.25, 0.3) is 0 Å². The first kappa shape index (κ1) is 17.2. The zero-order valence-corrected chi connectivity index (χ0v) is 15.2. The van der Waals surface area contributed by atoms with Crippen molar-refractivity contribution in [3.63, 3.8) is 0 Å². The van der Waals surface area contributed by atoms with Crippen molar-refractivity contribution < 1.29 is 24.2 Å². The van der Waals surface area contributed by atoms with Crippen molar-refractivity contribution >= 4 is 11.9 Å². The van der Waals surface area contributed by atoms with Gasteiger partial charge >= 0.3 is 5.97 Å². The van der Waals surface area contributed by atoms with E-state index in [4.69, 9.17) is 9.47 Å². The number of fused-ring (bicyclic) bond motifs is 5. The molecule has 4 rings (SSSR count). The molecular formula is C20H25NO5. The molecule has 140 valence electrons. The third kappa shape index (κ3) is 2.91. The predicted octanol–water partition coefficient (Wildman–Crippen LogP) is 2.41. The molecular weight excluding hydrogens is 334 g/mol. The van der Waals surface area contributed by atoms with E-state index in [-0.39, 0.29) is 24.9 Å². The van der Waals surface area contributed by atoms with Crippen molar-refractivity contribution in [2.75, 3.05) is 20.8 Å². The van der Waals surface area contributed by atoms with Gasteiger partial charge in [0.25, 0.3) is 0 Å². The lowest BCUT2D eigenvalue weighted by molar-refractivity contribution is -0.146. The summed E-state index contributed by atoms with van der Waals surface area (Å²) in [6.45, 7) is -0.0202. The van der Waals surface area contributed by atoms with Crippen LogP contribution in [0.3, 0.4) is 0 Å². The Bertz CT molecular complexity index is 695. The Morgan fingerprint density at radius 3 is 2.15 bits per heavy atom. The van der Waals surface area contributed by atoms with Crippen LogP contribution in [0.1, 0.15) is 24.8 Å². The number of aliphatic carboxylic acids is 1. The summed E-state index contributed by atoms with van der Waals surface area (Å²) >= 11 is 0. The zero-order valence-electron chi connectivity index (χ0n) is 15.2. The van der Waals surface area contributed by atoms with Gasteiger partial charge in [0.1, 0.15) is 18.0 Å². The number of carbonyl (C=O) groups excluding carboxylic acids is 1. The van der Waals surface area contributed by atoms with E-state index in [0.717, 1.165) is 5.56 Å². The number of carboxylic acids is 1. The van der Waals surface area contributed by atoms with Crippen LogP contribution in [0.4, 0.5) is 0 Å². The maximum Gasteiger partial charge on any atom is 0.323 e. The van der Waals surface area contributed by atoms with Crippen LogP contribution in [0.2, 0.25) is 0 Å². The molecule has 0 spiro atoms. The van der Waals surface area contributed by atoms with Crippen LogP contribution >= 0.6 is 0 Å². The van der Waals surface area contributed by atoms with Crippen LogP contribution in [-0.4, -0.2) is 42.6 Å². The molecule has 6 heteroatoms. The van der Waals surface area contributed by atoms with Crippen LogP contribution < -0.4 is 9.47 Å². The van der Waals surface area contributed by atoms with Gasteiger partial charge in [0.05, 0.1) is 14.2 Å². The first-order valence-corrected chi connectivity index (χ1v) is 9.24. The highest BCUT2D eigenvalue weighted by atomic mass is 16.5. The Labute approximate surface area is 153 Å². The van der Waals surface area contributed by atoms with Crippen LogP contribution in [0.15, 0.2) is 18.2 Å². The third-order valence-electron chi connectivity index (χ3n) is 6.44. The molecule has 1 N–H and O–H groups in total. The fraction of sp³-hybridized carbons (Fsp3) is 0.600. The van der Waals surface area contributed by atoms with Crippen LogP contribution in [0.5, 0.6) is 11.5 Å². The summed E-state index contributed by atoms with van der Waals surface area (Å²) in [5, 5.41) is 9.29. The minimum absolute atomic E-state index is 0.000728. The average molecular weight is 359 g/mol. The van der Waals surface area contributed by atoms with E-state index < -0.39 is 5.97 Å². The number of amides is 1. The monoisotopic (exact) mass is 359 g/mol. The maximum absolute atomic E-state index is 13.1. The van der Waals surface area contributed by atoms with Gasteiger partial charge in [0.15, 0.2) is 0 Å². The van der Waals surface area contributed by atoms with Gasteiger partial charge in [-0.15, -0.1) is 0 Å². The molecule has 3 aliphatic carbocycles. The van der Waals surface area contributed by atoms with E-state index in [0.29, 0.717) is 35.2 Å². The van der Waals surface area contributed by atoms with Gasteiger partial charge in [0, 0.05) is 18.5 Å². The van der Waals surface area contributed by atoms with Gasteiger partial charge in [-0.25, -0.2) is 0 Å². The molecule has 3 saturated carbocycles. The molecule has 0 aliphatic heterocycles. The van der Waals surface area contributed by atoms with Crippen molar-refractivity contribution in [1.82, 2.24) is 4.90 Å². The summed E-state index contributed by atoms with van der Waals surface area (Å²) in [5.74, 6) is 2.67. The Morgan fingerprint density at radius 1 is 1.08 bits per heavy atom. The first-order valence-electron chi connectivity index (χ1n) is 9.24. The number of hydrogen-bond acceptors (Lipinski definition) is 4. The standard InChI is InChI=1S/C20H25NO5/c1-25-14-5-11(6-15(8-14)26-2)9-21(10-16(22)23)20(24)19-17-12-3-4-13(7-12)18(17)19/h5-6,8,12-13,17-19H,3-4,7,9-10H2,1-2H3,(H,22,23). The Balaban J connectivity index is 1.52. The van der Waals surface area contributed by atoms with E-state index in [1.807, 2.05) is 12.1 Å². The van der Waals surface area contributed by atoms with E-state index in [9.17, 15) is 14.7 Å². The first-order chi connectivity index (χ1) is 12.5. The third-order valence-corrected chi connectivity index (χ3v) is 6.44. The minimum atomic E-state index is -0.984. The fourth-order valence-corrected chi connectivity index (χ4v) is 5.42. The zero-order chi connectivity index (χ0) is 18.4. The number of carbonyl (C=O) groups is 2. The second-order valence-corrected chi connectivity index (χ2v) is 7.82. The molecule has 1 amide bonds. The second kappa shape index (κ2) is 6.49. The summed E-state index contributed by atoms with van der Waals surface area (Å²) in [6, 6.07) is 5.40. The minimum Gasteiger partial charge on any atom is -0.497 e. The summed E-state index contributed by atoms with van der Waals surface area (Å²) in [7, 11) is 3.14. The average Bonchev–Trinajstić information content (AvgIpc) is 3.06. The van der Waals surface area contributed by atoms with Gasteiger partial charge in [-0.3, -0.25) is 9.59 Å². The molecule has 0 saturated heterocycles. The smallest absolute Gasteiger partial charge is 0.323 e. The summed E-state index contributed by atoms with van der Waals surface area (Å²) in [5.41, 5.74) is 0.810. The number of benzene rings is 1. The van der Waals surface area contributed by atoms with Crippen molar-refractivity contribution in [3.05, 3.63) is 23.8 Å². The van der Waals surface area contributed by atoms with Crippen molar-refractivity contribution in [2.24, 2.45) is 29.6 Å². The topological polar surface area (TPSA) is 76.1 Å². The molecule has 4 unspecified atom stereocenters. The van der Waals surface area contributed by atoms with E-state index in [2.05, 4.69) is 0 Å². The van der Waals surface area contributed by atoms with Gasteiger partial charge in [0.2, 0.25) is 5.91 Å². The highest BCUT2D eigenvalue weighted by molar-refractivity contribution is 5.86. The van der Waals surface area contributed by atoms with E-state index in [1.54, 1.807) is 20.3 Å². The van der Waals surface area contributed by atoms with Crippen LogP contribution in [0, 0.1) is 29.6 Å². The molecule has 0 aromatic heterocycles. The highest BCUT2D eigenvalue weighted by Crippen LogP contribution is 2.69. The van der Waals surface area contributed by atoms with Crippen molar-refractivity contribution in [3.8, 4) is 11.5 Å². The largest absolute Gasteiger partial charge is 0.497 e. The summed E-state index contributed by atoms with van der Waals surface area (Å²) < 4.78 is 10.6. The molecule has 26 heavy (non-hydrogen) atoms. The van der Waals surface area contributed by atoms with Gasteiger partial charge < -0.3 is 19.5 Å². The number of methoxy groups -OCH3 is 2. The molecule has 2 bridgehead atoms. The summed E-state index contributed by atoms with van der Waals surface area (Å²) in [6.07, 6.45) is 3.74. The van der Waals surface area contributed by atoms with E-state index in [1.165, 1.54) is 24.2 Å². The molecule has 0 heterocycles. The number of hydrogen-bond donors (Lipinski definition) is 1. The molecule has 0 radical (unpaired) electrons. The fourth-order valence-electron chi connectivity index (χ4n) is 5.42. The molecule has 3 fully saturated rings. The van der Waals surface area contributed by atoms with Crippen LogP contribution in [-0.2, 0) is 16.1 Å². The quantitative estimate of drug-likeness (QED) is 0.809. The SMILES string of the molecule is COc1cc(CN(CC(=O)O)C(=O)C2C3C4CCC(C4)C23)cc(OC)c1. The lowest BCUT2D eigenvalue weighted by Crippen LogP contribution is -2.37. The number of carboxylic acid groups (broad SMARTS) is 1. The van der Waals surface area contributed by atoms with Gasteiger partial charge in [-0.05, 0) is 60.6 Å². The lowest BCUT2D eigenvalue weighted by atomic mass is 10.0. The Morgan fingerprint density at radius 2 is 1.65 bits per heavy atom.